The highest BCUT2D eigenvalue weighted by Gasteiger charge is 2.19. The molecule has 6 nitrogen and oxygen atoms in total. The minimum atomic E-state index is -0.847. The molecule has 0 amide bonds. The molecule has 0 heterocycles. The van der Waals surface area contributed by atoms with Gasteiger partial charge in [0.2, 0.25) is 0 Å². The molecule has 334 valence electrons. The molecule has 0 spiro atoms. The predicted molar refractivity (Wildman–Crippen MR) is 251 cm³/mol. The molecule has 0 bridgehead atoms. The summed E-state index contributed by atoms with van der Waals surface area (Å²) in [5, 5.41) is 0. The Morgan fingerprint density at radius 3 is 1.10 bits per heavy atom. The quantitative estimate of drug-likeness (QED) is 0.0265. The summed E-state index contributed by atoms with van der Waals surface area (Å²) in [5.74, 6) is -1.12. The third kappa shape index (κ3) is 45.3. The van der Waals surface area contributed by atoms with Crippen molar-refractivity contribution in [2.45, 2.75) is 207 Å². The standard InChI is InChI=1S/C53H86O6/c1-4-7-10-13-16-19-22-24-25-26-27-29-31-34-37-40-43-46-52(55)58-49-50(48-57-51(54)45-42-39-36-33-30-21-18-15-12-9-6-3)59-53(56)47-44-41-38-35-32-28-23-20-17-14-11-8-5-2/h9,12,18,21,24-25,27-29,32-34,36-38,41,50H,4-8,10-11,13-17,19-20,22-23,26,30-31,35,39-40,42-49H2,1-3H3/b12-9-,21-18-,25-24-,29-27-,32-28-,36-33-,37-34-,41-38-. The minimum absolute atomic E-state index is 0.143. The van der Waals surface area contributed by atoms with Crippen LogP contribution in [0, 0.1) is 0 Å². The Kier molecular flexibility index (Phi) is 44.1. The van der Waals surface area contributed by atoms with E-state index >= 15 is 0 Å². The first-order chi connectivity index (χ1) is 29.0. The van der Waals surface area contributed by atoms with Gasteiger partial charge in [0, 0.05) is 19.3 Å². The van der Waals surface area contributed by atoms with Crippen molar-refractivity contribution in [3.05, 3.63) is 97.2 Å². The lowest BCUT2D eigenvalue weighted by Crippen LogP contribution is -2.30. The van der Waals surface area contributed by atoms with E-state index in [1.807, 2.05) is 6.08 Å². The van der Waals surface area contributed by atoms with E-state index in [1.54, 1.807) is 0 Å². The molecule has 1 atom stereocenters. The van der Waals surface area contributed by atoms with Crippen molar-refractivity contribution in [2.75, 3.05) is 13.2 Å². The van der Waals surface area contributed by atoms with Gasteiger partial charge in [-0.3, -0.25) is 14.4 Å². The fraction of sp³-hybridized carbons (Fsp3) is 0.642. The summed E-state index contributed by atoms with van der Waals surface area (Å²) < 4.78 is 16.6. The number of ether oxygens (including phenoxy) is 3. The van der Waals surface area contributed by atoms with Gasteiger partial charge in [0.1, 0.15) is 13.2 Å². The molecule has 6 heteroatoms. The number of hydrogen-bond acceptors (Lipinski definition) is 6. The fourth-order valence-electron chi connectivity index (χ4n) is 6.00. The lowest BCUT2D eigenvalue weighted by molar-refractivity contribution is -0.166. The average molecular weight is 819 g/mol. The van der Waals surface area contributed by atoms with Crippen LogP contribution in [0.15, 0.2) is 97.2 Å². The van der Waals surface area contributed by atoms with Gasteiger partial charge in [-0.05, 0) is 96.3 Å². The molecule has 0 saturated carbocycles. The predicted octanol–water partition coefficient (Wildman–Crippen LogP) is 15.4. The van der Waals surface area contributed by atoms with E-state index in [2.05, 4.69) is 112 Å². The summed E-state index contributed by atoms with van der Waals surface area (Å²) in [6.45, 7) is 6.33. The molecule has 0 aromatic carbocycles. The highest BCUT2D eigenvalue weighted by molar-refractivity contribution is 5.71. The third-order valence-corrected chi connectivity index (χ3v) is 9.56. The first-order valence-electron chi connectivity index (χ1n) is 23.7. The zero-order valence-electron chi connectivity index (χ0n) is 38.0. The van der Waals surface area contributed by atoms with Crippen LogP contribution in [0.3, 0.4) is 0 Å². The van der Waals surface area contributed by atoms with E-state index in [4.69, 9.17) is 14.2 Å². The van der Waals surface area contributed by atoms with Gasteiger partial charge in [-0.15, -0.1) is 0 Å². The van der Waals surface area contributed by atoms with Gasteiger partial charge in [-0.1, -0.05) is 182 Å². The first kappa shape index (κ1) is 55.3. The maximum Gasteiger partial charge on any atom is 0.306 e. The van der Waals surface area contributed by atoms with E-state index in [0.717, 1.165) is 57.8 Å². The van der Waals surface area contributed by atoms with E-state index in [0.29, 0.717) is 19.3 Å². The number of carbonyl (C=O) groups is 3. The summed E-state index contributed by atoms with van der Waals surface area (Å²) >= 11 is 0. The molecule has 0 fully saturated rings. The van der Waals surface area contributed by atoms with Crippen molar-refractivity contribution in [1.82, 2.24) is 0 Å². The number of hydrogen-bond donors (Lipinski definition) is 0. The molecule has 0 aromatic heterocycles. The molecular weight excluding hydrogens is 733 g/mol. The summed E-state index contributed by atoms with van der Waals surface area (Å²) in [4.78, 5) is 37.7. The molecule has 59 heavy (non-hydrogen) atoms. The Labute approximate surface area is 362 Å². The molecule has 0 aliphatic rings. The maximum atomic E-state index is 12.7. The van der Waals surface area contributed by atoms with E-state index in [9.17, 15) is 14.4 Å². The SMILES string of the molecule is CC/C=C\C/C=C\C/C=C\CCCC(=O)OCC(COC(=O)CCC/C=C\C/C=C\C/C=C\CCCCCCCC)OC(=O)CC/C=C\C/C=C\CCCCCCCC. The average Bonchev–Trinajstić information content (AvgIpc) is 3.23. The first-order valence-corrected chi connectivity index (χ1v) is 23.7. The molecule has 0 aromatic rings. The van der Waals surface area contributed by atoms with Crippen LogP contribution in [-0.2, 0) is 28.6 Å². The second-order valence-electron chi connectivity index (χ2n) is 15.3. The molecule has 0 rings (SSSR count). The van der Waals surface area contributed by atoms with Crippen LogP contribution < -0.4 is 0 Å². The van der Waals surface area contributed by atoms with Gasteiger partial charge in [0.15, 0.2) is 6.10 Å². The Morgan fingerprint density at radius 1 is 0.356 bits per heavy atom. The van der Waals surface area contributed by atoms with Crippen LogP contribution >= 0.6 is 0 Å². The summed E-state index contributed by atoms with van der Waals surface area (Å²) in [6, 6.07) is 0. The number of unbranched alkanes of at least 4 members (excludes halogenated alkanes) is 14. The number of esters is 3. The number of allylic oxidation sites excluding steroid dienone is 16. The molecule has 0 N–H and O–H groups in total. The zero-order valence-corrected chi connectivity index (χ0v) is 38.0. The van der Waals surface area contributed by atoms with Crippen LogP contribution in [0.2, 0.25) is 0 Å². The van der Waals surface area contributed by atoms with Crippen LogP contribution in [0.25, 0.3) is 0 Å². The Hall–Kier alpha value is -3.67. The normalized spacial score (nSPS) is 12.9. The Balaban J connectivity index is 4.58. The number of carbonyl (C=O) groups excluding carboxylic acids is 3. The van der Waals surface area contributed by atoms with Gasteiger partial charge in [-0.2, -0.15) is 0 Å². The molecule has 1 unspecified atom stereocenters. The van der Waals surface area contributed by atoms with E-state index in [-0.39, 0.29) is 44.4 Å². The topological polar surface area (TPSA) is 78.9 Å². The third-order valence-electron chi connectivity index (χ3n) is 9.56. The van der Waals surface area contributed by atoms with Gasteiger partial charge in [0.25, 0.3) is 0 Å². The molecular formula is C53H86O6. The van der Waals surface area contributed by atoms with Crippen molar-refractivity contribution >= 4 is 17.9 Å². The molecule has 0 radical (unpaired) electrons. The van der Waals surface area contributed by atoms with Crippen molar-refractivity contribution in [3.8, 4) is 0 Å². The summed E-state index contributed by atoms with van der Waals surface area (Å²) in [5.41, 5.74) is 0. The fourth-order valence-corrected chi connectivity index (χ4v) is 6.00. The van der Waals surface area contributed by atoms with E-state index in [1.165, 1.54) is 83.5 Å². The van der Waals surface area contributed by atoms with Crippen molar-refractivity contribution in [1.29, 1.82) is 0 Å². The molecule has 0 saturated heterocycles. The van der Waals surface area contributed by atoms with Crippen molar-refractivity contribution in [3.63, 3.8) is 0 Å². The van der Waals surface area contributed by atoms with Crippen LogP contribution in [-0.4, -0.2) is 37.2 Å². The highest BCUT2D eigenvalue weighted by atomic mass is 16.6. The van der Waals surface area contributed by atoms with Gasteiger partial charge >= 0.3 is 17.9 Å². The van der Waals surface area contributed by atoms with Crippen LogP contribution in [0.1, 0.15) is 201 Å². The summed E-state index contributed by atoms with van der Waals surface area (Å²) in [7, 11) is 0. The number of rotatable bonds is 41. The van der Waals surface area contributed by atoms with Gasteiger partial charge < -0.3 is 14.2 Å². The Bertz CT molecular complexity index is 1220. The summed E-state index contributed by atoms with van der Waals surface area (Å²) in [6.07, 6.45) is 61.4. The molecule has 0 aliphatic carbocycles. The van der Waals surface area contributed by atoms with Gasteiger partial charge in [0.05, 0.1) is 0 Å². The second-order valence-corrected chi connectivity index (χ2v) is 15.3. The van der Waals surface area contributed by atoms with Crippen LogP contribution in [0.4, 0.5) is 0 Å². The van der Waals surface area contributed by atoms with Crippen molar-refractivity contribution in [2.24, 2.45) is 0 Å². The maximum absolute atomic E-state index is 12.7. The lowest BCUT2D eigenvalue weighted by Gasteiger charge is -2.18. The van der Waals surface area contributed by atoms with E-state index < -0.39 is 12.1 Å². The Morgan fingerprint density at radius 2 is 0.695 bits per heavy atom. The van der Waals surface area contributed by atoms with Crippen LogP contribution in [0.5, 0.6) is 0 Å². The monoisotopic (exact) mass is 819 g/mol. The smallest absolute Gasteiger partial charge is 0.306 e. The second kappa shape index (κ2) is 47.0. The lowest BCUT2D eigenvalue weighted by atomic mass is 10.1. The molecule has 0 aliphatic heterocycles. The highest BCUT2D eigenvalue weighted by Crippen LogP contribution is 2.10. The van der Waals surface area contributed by atoms with Crippen molar-refractivity contribution < 1.29 is 28.6 Å². The minimum Gasteiger partial charge on any atom is -0.462 e. The largest absolute Gasteiger partial charge is 0.462 e. The zero-order chi connectivity index (χ0) is 43.0. The van der Waals surface area contributed by atoms with Gasteiger partial charge in [-0.25, -0.2) is 0 Å².